The average Bonchev–Trinajstić information content (AvgIpc) is 3.02. The largest absolute Gasteiger partial charge is 0.342 e. The number of rotatable bonds is 3. The van der Waals surface area contributed by atoms with Crippen molar-refractivity contribution in [3.8, 4) is 0 Å². The molecular formula is C20H20N2O2. The lowest BCUT2D eigenvalue weighted by Gasteiger charge is -2.35. The van der Waals surface area contributed by atoms with E-state index in [1.807, 2.05) is 42.5 Å². The molecule has 0 spiro atoms. The van der Waals surface area contributed by atoms with Crippen molar-refractivity contribution in [3.05, 3.63) is 71.3 Å². The molecule has 1 atom stereocenters. The third kappa shape index (κ3) is 2.80. The van der Waals surface area contributed by atoms with Crippen molar-refractivity contribution in [2.24, 2.45) is 5.92 Å². The summed E-state index contributed by atoms with van der Waals surface area (Å²) in [6, 6.07) is 17.7. The zero-order valence-electron chi connectivity index (χ0n) is 13.4. The van der Waals surface area contributed by atoms with E-state index in [4.69, 9.17) is 0 Å². The highest BCUT2D eigenvalue weighted by molar-refractivity contribution is 5.95. The maximum atomic E-state index is 12.9. The molecule has 2 aliphatic rings. The molecule has 1 aliphatic heterocycles. The molecular weight excluding hydrogens is 300 g/mol. The third-order valence-electron chi connectivity index (χ3n) is 5.00. The van der Waals surface area contributed by atoms with E-state index < -0.39 is 6.04 Å². The van der Waals surface area contributed by atoms with Gasteiger partial charge in [-0.05, 0) is 35.4 Å². The van der Waals surface area contributed by atoms with Crippen LogP contribution in [0, 0.1) is 5.92 Å². The Morgan fingerprint density at radius 2 is 1.54 bits per heavy atom. The first-order chi connectivity index (χ1) is 11.7. The molecule has 0 aromatic heterocycles. The van der Waals surface area contributed by atoms with Crippen LogP contribution in [0.15, 0.2) is 54.6 Å². The normalized spacial score (nSPS) is 20.8. The van der Waals surface area contributed by atoms with E-state index in [2.05, 4.69) is 17.4 Å². The van der Waals surface area contributed by atoms with Crippen molar-refractivity contribution in [1.82, 2.24) is 10.2 Å². The predicted octanol–water partition coefficient (Wildman–Crippen LogP) is 1.93. The first kappa shape index (κ1) is 14.9. The molecule has 1 saturated heterocycles. The molecule has 1 heterocycles. The summed E-state index contributed by atoms with van der Waals surface area (Å²) in [4.78, 5) is 26.8. The van der Waals surface area contributed by atoms with Crippen LogP contribution in [0.25, 0.3) is 0 Å². The second kappa shape index (κ2) is 6.11. The van der Waals surface area contributed by atoms with Crippen LogP contribution in [-0.4, -0.2) is 29.3 Å². The van der Waals surface area contributed by atoms with Crippen molar-refractivity contribution in [2.45, 2.75) is 25.4 Å². The Bertz CT molecular complexity index is 747. The highest BCUT2D eigenvalue weighted by Crippen LogP contribution is 2.30. The summed E-state index contributed by atoms with van der Waals surface area (Å²) in [5, 5.41) is 2.93. The van der Waals surface area contributed by atoms with E-state index in [0.717, 1.165) is 18.4 Å². The van der Waals surface area contributed by atoms with Gasteiger partial charge in [-0.25, -0.2) is 0 Å². The maximum absolute atomic E-state index is 12.9. The zero-order chi connectivity index (χ0) is 16.5. The number of fused-ring (bicyclic) bond motifs is 1. The molecule has 2 aromatic rings. The Morgan fingerprint density at radius 1 is 0.917 bits per heavy atom. The van der Waals surface area contributed by atoms with Gasteiger partial charge in [0.1, 0.15) is 6.04 Å². The summed E-state index contributed by atoms with van der Waals surface area (Å²) in [6.07, 6.45) is 1.71. The number of hydrogen-bond acceptors (Lipinski definition) is 2. The van der Waals surface area contributed by atoms with E-state index in [0.29, 0.717) is 6.54 Å². The van der Waals surface area contributed by atoms with Gasteiger partial charge < -0.3 is 10.2 Å². The molecule has 1 fully saturated rings. The Kier molecular flexibility index (Phi) is 3.81. The fourth-order valence-corrected chi connectivity index (χ4v) is 3.81. The highest BCUT2D eigenvalue weighted by atomic mass is 16.2. The summed E-state index contributed by atoms with van der Waals surface area (Å²) in [7, 11) is 0. The minimum absolute atomic E-state index is 0.0382. The molecule has 0 unspecified atom stereocenters. The number of hydrogen-bond donors (Lipinski definition) is 1. The molecule has 2 amide bonds. The monoisotopic (exact) mass is 320 g/mol. The SMILES string of the molecule is O=C1CN(Cc2ccccc2)C(=O)[C@@H](C2Cc3ccccc3C2)N1. The molecule has 0 saturated carbocycles. The van der Waals surface area contributed by atoms with Gasteiger partial charge in [-0.2, -0.15) is 0 Å². The number of benzene rings is 2. The van der Waals surface area contributed by atoms with E-state index in [9.17, 15) is 9.59 Å². The number of amides is 2. The number of nitrogens with one attached hydrogen (secondary N) is 1. The maximum Gasteiger partial charge on any atom is 0.246 e. The highest BCUT2D eigenvalue weighted by Gasteiger charge is 2.40. The molecule has 0 radical (unpaired) electrons. The van der Waals surface area contributed by atoms with Gasteiger partial charge >= 0.3 is 0 Å². The summed E-state index contributed by atoms with van der Waals surface area (Å²) < 4.78 is 0. The Labute approximate surface area is 141 Å². The topological polar surface area (TPSA) is 49.4 Å². The Morgan fingerprint density at radius 3 is 2.21 bits per heavy atom. The summed E-state index contributed by atoms with van der Waals surface area (Å²) in [5.41, 5.74) is 3.64. The molecule has 2 aromatic carbocycles. The van der Waals surface area contributed by atoms with Crippen LogP contribution in [0.4, 0.5) is 0 Å². The molecule has 1 N–H and O–H groups in total. The number of nitrogens with zero attached hydrogens (tertiary/aromatic N) is 1. The van der Waals surface area contributed by atoms with Crippen LogP contribution in [0.3, 0.4) is 0 Å². The smallest absolute Gasteiger partial charge is 0.246 e. The van der Waals surface area contributed by atoms with Gasteiger partial charge in [0.2, 0.25) is 11.8 Å². The lowest BCUT2D eigenvalue weighted by Crippen LogP contribution is -2.60. The average molecular weight is 320 g/mol. The standard InChI is InChI=1S/C20H20N2O2/c23-18-13-22(12-14-6-2-1-3-7-14)20(24)19(21-18)17-10-15-8-4-5-9-16(15)11-17/h1-9,17,19H,10-13H2,(H,21,23)/t19-/m1/s1. The van der Waals surface area contributed by atoms with Crippen molar-refractivity contribution in [2.75, 3.05) is 6.54 Å². The van der Waals surface area contributed by atoms with Crippen molar-refractivity contribution >= 4 is 11.8 Å². The van der Waals surface area contributed by atoms with Gasteiger partial charge in [-0.1, -0.05) is 54.6 Å². The zero-order valence-corrected chi connectivity index (χ0v) is 13.4. The van der Waals surface area contributed by atoms with E-state index in [-0.39, 0.29) is 24.3 Å². The fourth-order valence-electron chi connectivity index (χ4n) is 3.81. The van der Waals surface area contributed by atoms with Crippen LogP contribution < -0.4 is 5.32 Å². The van der Waals surface area contributed by atoms with Crippen LogP contribution in [0.5, 0.6) is 0 Å². The van der Waals surface area contributed by atoms with Crippen LogP contribution in [-0.2, 0) is 29.0 Å². The van der Waals surface area contributed by atoms with Gasteiger partial charge in [-0.15, -0.1) is 0 Å². The van der Waals surface area contributed by atoms with Crippen molar-refractivity contribution < 1.29 is 9.59 Å². The van der Waals surface area contributed by atoms with Gasteiger partial charge in [0.15, 0.2) is 0 Å². The molecule has 122 valence electrons. The Hall–Kier alpha value is -2.62. The minimum Gasteiger partial charge on any atom is -0.342 e. The predicted molar refractivity (Wildman–Crippen MR) is 91.1 cm³/mol. The molecule has 4 heteroatoms. The number of carbonyl (C=O) groups excluding carboxylic acids is 2. The van der Waals surface area contributed by atoms with Crippen molar-refractivity contribution in [3.63, 3.8) is 0 Å². The van der Waals surface area contributed by atoms with Gasteiger partial charge in [0.25, 0.3) is 0 Å². The van der Waals surface area contributed by atoms with Gasteiger partial charge in [0, 0.05) is 6.54 Å². The number of carbonyl (C=O) groups is 2. The second-order valence-corrected chi connectivity index (χ2v) is 6.66. The summed E-state index contributed by atoms with van der Waals surface area (Å²) in [6.45, 7) is 0.632. The molecule has 0 bridgehead atoms. The van der Waals surface area contributed by atoms with Gasteiger partial charge in [0.05, 0.1) is 6.54 Å². The van der Waals surface area contributed by atoms with Crippen LogP contribution >= 0.6 is 0 Å². The van der Waals surface area contributed by atoms with E-state index >= 15 is 0 Å². The first-order valence-electron chi connectivity index (χ1n) is 8.39. The van der Waals surface area contributed by atoms with E-state index in [1.165, 1.54) is 11.1 Å². The second-order valence-electron chi connectivity index (χ2n) is 6.66. The first-order valence-corrected chi connectivity index (χ1v) is 8.39. The summed E-state index contributed by atoms with van der Waals surface area (Å²) in [5.74, 6) is 0.125. The Balaban J connectivity index is 1.52. The lowest BCUT2D eigenvalue weighted by molar-refractivity contribution is -0.146. The third-order valence-corrected chi connectivity index (χ3v) is 5.00. The van der Waals surface area contributed by atoms with Crippen molar-refractivity contribution in [1.29, 1.82) is 0 Å². The molecule has 4 nitrogen and oxygen atoms in total. The molecule has 1 aliphatic carbocycles. The van der Waals surface area contributed by atoms with Gasteiger partial charge in [-0.3, -0.25) is 9.59 Å². The summed E-state index contributed by atoms with van der Waals surface area (Å²) >= 11 is 0. The van der Waals surface area contributed by atoms with Crippen LogP contribution in [0.2, 0.25) is 0 Å². The lowest BCUT2D eigenvalue weighted by atomic mass is 9.93. The van der Waals surface area contributed by atoms with Crippen LogP contribution in [0.1, 0.15) is 16.7 Å². The number of piperazine rings is 1. The molecule has 4 rings (SSSR count). The minimum atomic E-state index is -0.414. The quantitative estimate of drug-likeness (QED) is 0.939. The molecule has 24 heavy (non-hydrogen) atoms. The fraction of sp³-hybridized carbons (Fsp3) is 0.300. The van der Waals surface area contributed by atoms with E-state index in [1.54, 1.807) is 4.90 Å².